The molecular formula is C19H24N6O2. The second kappa shape index (κ2) is 7.50. The number of aromatic nitrogens is 3. The van der Waals surface area contributed by atoms with Crippen molar-refractivity contribution in [2.75, 3.05) is 37.5 Å². The predicted octanol–water partition coefficient (Wildman–Crippen LogP) is 1.96. The molecule has 1 aromatic carbocycles. The van der Waals surface area contributed by atoms with E-state index in [4.69, 9.17) is 9.15 Å². The molecule has 1 fully saturated rings. The number of hydrogen-bond acceptors (Lipinski definition) is 8. The van der Waals surface area contributed by atoms with E-state index in [1.54, 1.807) is 13.3 Å². The fourth-order valence-corrected chi connectivity index (χ4v) is 3.54. The van der Waals surface area contributed by atoms with Crippen LogP contribution in [0.5, 0.6) is 0 Å². The molecule has 2 atom stereocenters. The number of oxazole rings is 1. The van der Waals surface area contributed by atoms with Crippen LogP contribution >= 0.6 is 0 Å². The summed E-state index contributed by atoms with van der Waals surface area (Å²) in [7, 11) is 3.57. The summed E-state index contributed by atoms with van der Waals surface area (Å²) in [6.07, 6.45) is 1.85. The van der Waals surface area contributed by atoms with Crippen molar-refractivity contribution >= 4 is 22.9 Å². The van der Waals surface area contributed by atoms with Crippen LogP contribution in [0.4, 0.5) is 11.8 Å². The number of nitrogens with zero attached hydrogens (tertiary/aromatic N) is 4. The van der Waals surface area contributed by atoms with Crippen LogP contribution in [0.3, 0.4) is 0 Å². The number of para-hydroxylation sites is 1. The number of rotatable bonds is 6. The summed E-state index contributed by atoms with van der Waals surface area (Å²) in [6.45, 7) is 4.16. The molecule has 2 aromatic heterocycles. The van der Waals surface area contributed by atoms with Crippen molar-refractivity contribution in [1.29, 1.82) is 0 Å². The molecule has 142 valence electrons. The second-order valence-electron chi connectivity index (χ2n) is 6.65. The fraction of sp³-hybridized carbons (Fsp3) is 0.421. The van der Waals surface area contributed by atoms with Crippen molar-refractivity contribution in [3.63, 3.8) is 0 Å². The van der Waals surface area contributed by atoms with Crippen LogP contribution in [0.1, 0.15) is 11.5 Å². The van der Waals surface area contributed by atoms with Gasteiger partial charge in [-0.25, -0.2) is 9.97 Å². The predicted molar refractivity (Wildman–Crippen MR) is 104 cm³/mol. The van der Waals surface area contributed by atoms with Gasteiger partial charge in [-0.15, -0.1) is 0 Å². The Morgan fingerprint density at radius 1 is 1.26 bits per heavy atom. The Kier molecular flexibility index (Phi) is 4.91. The van der Waals surface area contributed by atoms with Crippen molar-refractivity contribution in [1.82, 2.24) is 20.3 Å². The third-order valence-corrected chi connectivity index (χ3v) is 4.92. The number of anilines is 2. The maximum absolute atomic E-state index is 5.71. The van der Waals surface area contributed by atoms with Gasteiger partial charge in [0.1, 0.15) is 11.3 Å². The summed E-state index contributed by atoms with van der Waals surface area (Å²) < 4.78 is 11.3. The average molecular weight is 368 g/mol. The highest BCUT2D eigenvalue weighted by molar-refractivity contribution is 5.76. The lowest BCUT2D eigenvalue weighted by Crippen LogP contribution is -2.39. The van der Waals surface area contributed by atoms with E-state index in [-0.39, 0.29) is 12.1 Å². The molecule has 0 bridgehead atoms. The highest BCUT2D eigenvalue weighted by Gasteiger charge is 2.33. The summed E-state index contributed by atoms with van der Waals surface area (Å²) in [6, 6.07) is 8.14. The third-order valence-electron chi connectivity index (χ3n) is 4.92. The summed E-state index contributed by atoms with van der Waals surface area (Å²) in [5, 5.41) is 6.60. The Morgan fingerprint density at radius 2 is 2.15 bits per heavy atom. The summed E-state index contributed by atoms with van der Waals surface area (Å²) in [4.78, 5) is 15.4. The quantitative estimate of drug-likeness (QED) is 0.683. The van der Waals surface area contributed by atoms with Crippen LogP contribution in [-0.4, -0.2) is 54.3 Å². The van der Waals surface area contributed by atoms with Crippen molar-refractivity contribution in [3.05, 3.63) is 41.9 Å². The van der Waals surface area contributed by atoms with Crippen molar-refractivity contribution < 1.29 is 9.15 Å². The first-order valence-electron chi connectivity index (χ1n) is 9.05. The maximum atomic E-state index is 5.71. The Bertz CT molecular complexity index is 927. The van der Waals surface area contributed by atoms with Gasteiger partial charge in [0.25, 0.3) is 0 Å². The molecule has 2 N–H and O–H groups in total. The number of ether oxygens (including phenoxy) is 1. The van der Waals surface area contributed by atoms with E-state index in [0.29, 0.717) is 18.4 Å². The van der Waals surface area contributed by atoms with Gasteiger partial charge in [0, 0.05) is 46.9 Å². The fourth-order valence-electron chi connectivity index (χ4n) is 3.54. The summed E-state index contributed by atoms with van der Waals surface area (Å²) in [5.74, 6) is 2.20. The van der Waals surface area contributed by atoms with E-state index < -0.39 is 0 Å². The van der Waals surface area contributed by atoms with E-state index in [2.05, 4.69) is 36.6 Å². The van der Waals surface area contributed by atoms with Gasteiger partial charge in [-0.3, -0.25) is 0 Å². The largest absolute Gasteiger partial charge is 0.441 e. The van der Waals surface area contributed by atoms with E-state index >= 15 is 0 Å². The first-order valence-corrected chi connectivity index (χ1v) is 9.05. The van der Waals surface area contributed by atoms with Crippen molar-refractivity contribution in [3.8, 4) is 0 Å². The summed E-state index contributed by atoms with van der Waals surface area (Å²) in [5.41, 5.74) is 2.86. The normalized spacial score (nSPS) is 19.7. The van der Waals surface area contributed by atoms with Crippen LogP contribution in [-0.2, 0) is 11.3 Å². The highest BCUT2D eigenvalue weighted by atomic mass is 16.5. The van der Waals surface area contributed by atoms with Crippen LogP contribution in [0.15, 0.2) is 34.9 Å². The molecule has 1 saturated heterocycles. The molecule has 1 aliphatic rings. The van der Waals surface area contributed by atoms with Gasteiger partial charge < -0.3 is 24.7 Å². The van der Waals surface area contributed by atoms with Gasteiger partial charge in [-0.1, -0.05) is 12.1 Å². The molecule has 1 aliphatic heterocycles. The maximum Gasteiger partial charge on any atom is 0.224 e. The molecule has 0 aliphatic carbocycles. The van der Waals surface area contributed by atoms with Crippen molar-refractivity contribution in [2.24, 2.45) is 0 Å². The third kappa shape index (κ3) is 3.58. The highest BCUT2D eigenvalue weighted by Crippen LogP contribution is 2.23. The molecule has 3 heterocycles. The molecule has 0 spiro atoms. The summed E-state index contributed by atoms with van der Waals surface area (Å²) >= 11 is 0. The van der Waals surface area contributed by atoms with Gasteiger partial charge in [0.15, 0.2) is 11.5 Å². The average Bonchev–Trinajstić information content (AvgIpc) is 3.29. The molecule has 0 saturated carbocycles. The minimum Gasteiger partial charge on any atom is -0.441 e. The monoisotopic (exact) mass is 368 g/mol. The molecule has 27 heavy (non-hydrogen) atoms. The molecule has 8 heteroatoms. The van der Waals surface area contributed by atoms with Gasteiger partial charge in [-0.2, -0.15) is 4.98 Å². The molecule has 0 unspecified atom stereocenters. The topological polar surface area (TPSA) is 88.3 Å². The molecule has 3 aromatic rings. The lowest BCUT2D eigenvalue weighted by molar-refractivity contribution is 0.0967. The second-order valence-corrected chi connectivity index (χ2v) is 6.65. The van der Waals surface area contributed by atoms with Crippen LogP contribution in [0.2, 0.25) is 0 Å². The number of methoxy groups -OCH3 is 1. The standard InChI is InChI=1S/C19H24N6O2/c1-12-23-18-13(5-4-6-15(18)27-12)9-22-14-10-25(11-16(14)26-3)17-7-8-21-19(20-2)24-17/h4-8,14,16,22H,9-11H2,1-3H3,(H,20,21,24)/t14-,16+/m1/s1. The smallest absolute Gasteiger partial charge is 0.224 e. The zero-order chi connectivity index (χ0) is 18.8. The lowest BCUT2D eigenvalue weighted by atomic mass is 10.1. The minimum atomic E-state index is 0.0799. The van der Waals surface area contributed by atoms with Gasteiger partial charge in [0.05, 0.1) is 12.1 Å². The number of aryl methyl sites for hydroxylation is 1. The van der Waals surface area contributed by atoms with Crippen LogP contribution in [0.25, 0.3) is 11.1 Å². The zero-order valence-electron chi connectivity index (χ0n) is 15.8. The lowest BCUT2D eigenvalue weighted by Gasteiger charge is -2.18. The van der Waals surface area contributed by atoms with E-state index in [1.165, 1.54) is 0 Å². The SMILES string of the molecule is CNc1nccc(N2C[C@H](OC)[C@H](NCc3cccc4oc(C)nc34)C2)n1. The van der Waals surface area contributed by atoms with Crippen molar-refractivity contribution in [2.45, 2.75) is 25.6 Å². The Balaban J connectivity index is 1.48. The number of nitrogens with one attached hydrogen (secondary N) is 2. The molecule has 0 radical (unpaired) electrons. The van der Waals surface area contributed by atoms with E-state index in [0.717, 1.165) is 35.6 Å². The van der Waals surface area contributed by atoms with Crippen LogP contribution < -0.4 is 15.5 Å². The first-order chi connectivity index (χ1) is 13.2. The Morgan fingerprint density at radius 3 is 2.96 bits per heavy atom. The van der Waals surface area contributed by atoms with Crippen LogP contribution in [0, 0.1) is 6.92 Å². The molecule has 8 nitrogen and oxygen atoms in total. The molecule has 0 amide bonds. The molecular weight excluding hydrogens is 344 g/mol. The zero-order valence-corrected chi connectivity index (χ0v) is 15.8. The van der Waals surface area contributed by atoms with Gasteiger partial charge in [0.2, 0.25) is 5.95 Å². The van der Waals surface area contributed by atoms with E-state index in [9.17, 15) is 0 Å². The van der Waals surface area contributed by atoms with E-state index in [1.807, 2.05) is 32.2 Å². The minimum absolute atomic E-state index is 0.0799. The molecule has 4 rings (SSSR count). The number of hydrogen-bond donors (Lipinski definition) is 2. The number of fused-ring (bicyclic) bond motifs is 1. The number of benzene rings is 1. The van der Waals surface area contributed by atoms with Gasteiger partial charge >= 0.3 is 0 Å². The Hall–Kier alpha value is -2.71. The van der Waals surface area contributed by atoms with Gasteiger partial charge in [-0.05, 0) is 17.7 Å². The first kappa shape index (κ1) is 17.7. The Labute approximate surface area is 158 Å².